The van der Waals surface area contributed by atoms with Crippen LogP contribution in [0, 0.1) is 0 Å². The van der Waals surface area contributed by atoms with Crippen molar-refractivity contribution in [3.05, 3.63) is 29.8 Å². The molecule has 2 fully saturated rings. The number of nitrogens with one attached hydrogen (secondary N) is 2. The summed E-state index contributed by atoms with van der Waals surface area (Å²) in [4.78, 5) is 28.0. The minimum atomic E-state index is -0.873. The van der Waals surface area contributed by atoms with Crippen molar-refractivity contribution in [1.29, 1.82) is 0 Å². The van der Waals surface area contributed by atoms with Crippen LogP contribution in [-0.4, -0.2) is 72.2 Å². The Kier molecular flexibility index (Phi) is 6.11. The molecule has 2 heterocycles. The van der Waals surface area contributed by atoms with E-state index in [1.165, 1.54) is 12.8 Å². The third-order valence-corrected chi connectivity index (χ3v) is 5.43. The molecule has 0 aromatic heterocycles. The van der Waals surface area contributed by atoms with Crippen LogP contribution in [0.1, 0.15) is 31.2 Å². The molecule has 1 aromatic rings. The van der Waals surface area contributed by atoms with E-state index < -0.39 is 11.9 Å². The Balaban J connectivity index is 1.53. The van der Waals surface area contributed by atoms with E-state index in [0.29, 0.717) is 17.3 Å². The summed E-state index contributed by atoms with van der Waals surface area (Å²) >= 11 is 0. The number of urea groups is 1. The summed E-state index contributed by atoms with van der Waals surface area (Å²) in [7, 11) is 0. The summed E-state index contributed by atoms with van der Waals surface area (Å²) in [5.74, 6) is -1.47. The number of aliphatic carboxylic acids is 1. The first-order chi connectivity index (χ1) is 12.5. The maximum Gasteiger partial charge on any atom is 0.321 e. The molecule has 0 saturated carbocycles. The van der Waals surface area contributed by atoms with Crippen molar-refractivity contribution in [3.63, 3.8) is 0 Å². The van der Waals surface area contributed by atoms with Crippen LogP contribution >= 0.6 is 0 Å². The topological polar surface area (TPSA) is 84.9 Å². The molecule has 26 heavy (non-hydrogen) atoms. The van der Waals surface area contributed by atoms with Gasteiger partial charge in [-0.15, -0.1) is 0 Å². The number of benzene rings is 1. The lowest BCUT2D eigenvalue weighted by Gasteiger charge is -2.40. The van der Waals surface area contributed by atoms with Crippen molar-refractivity contribution in [2.24, 2.45) is 0 Å². The minimum absolute atomic E-state index is 0.116. The lowest BCUT2D eigenvalue weighted by molar-refractivity contribution is -0.138. The van der Waals surface area contributed by atoms with Gasteiger partial charge in [0, 0.05) is 37.9 Å². The maximum atomic E-state index is 12.5. The Morgan fingerprint density at radius 2 is 1.88 bits per heavy atom. The smallest absolute Gasteiger partial charge is 0.321 e. The van der Waals surface area contributed by atoms with Crippen LogP contribution < -0.4 is 10.6 Å². The molecule has 2 saturated heterocycles. The van der Waals surface area contributed by atoms with Gasteiger partial charge in [-0.1, -0.05) is 12.1 Å². The van der Waals surface area contributed by atoms with E-state index >= 15 is 0 Å². The fourth-order valence-corrected chi connectivity index (χ4v) is 3.69. The number of carboxylic acids is 1. The van der Waals surface area contributed by atoms with Gasteiger partial charge in [-0.2, -0.15) is 0 Å². The molecule has 1 atom stereocenters. The number of rotatable bonds is 4. The average molecular weight is 360 g/mol. The van der Waals surface area contributed by atoms with Gasteiger partial charge in [0.05, 0.1) is 5.92 Å². The molecule has 2 aliphatic heterocycles. The van der Waals surface area contributed by atoms with Crippen molar-refractivity contribution in [1.82, 2.24) is 15.1 Å². The summed E-state index contributed by atoms with van der Waals surface area (Å²) in [6, 6.07) is 7.60. The Labute approximate surface area is 154 Å². The molecule has 0 spiro atoms. The van der Waals surface area contributed by atoms with Gasteiger partial charge in [-0.05, 0) is 50.6 Å². The Bertz CT molecular complexity index is 637. The summed E-state index contributed by atoms with van der Waals surface area (Å²) < 4.78 is 0. The molecular weight excluding hydrogens is 332 g/mol. The second-order valence-electron chi connectivity index (χ2n) is 7.12. The highest BCUT2D eigenvalue weighted by atomic mass is 16.4. The highest BCUT2D eigenvalue weighted by molar-refractivity contribution is 5.89. The van der Waals surface area contributed by atoms with Crippen molar-refractivity contribution in [3.8, 4) is 0 Å². The van der Waals surface area contributed by atoms with Crippen LogP contribution in [0.15, 0.2) is 24.3 Å². The predicted molar refractivity (Wildman–Crippen MR) is 101 cm³/mol. The van der Waals surface area contributed by atoms with Gasteiger partial charge < -0.3 is 20.6 Å². The molecule has 0 bridgehead atoms. The maximum absolute atomic E-state index is 12.5. The molecule has 0 radical (unpaired) electrons. The molecule has 7 nitrogen and oxygen atoms in total. The van der Waals surface area contributed by atoms with Crippen LogP contribution in [0.25, 0.3) is 0 Å². The normalized spacial score (nSPS) is 20.6. The van der Waals surface area contributed by atoms with Crippen molar-refractivity contribution in [2.45, 2.75) is 31.7 Å². The number of nitrogens with zero attached hydrogens (tertiary/aromatic N) is 2. The van der Waals surface area contributed by atoms with E-state index in [0.717, 1.165) is 39.3 Å². The van der Waals surface area contributed by atoms with Gasteiger partial charge in [-0.25, -0.2) is 4.79 Å². The van der Waals surface area contributed by atoms with Gasteiger partial charge in [-0.3, -0.25) is 9.69 Å². The van der Waals surface area contributed by atoms with Crippen molar-refractivity contribution >= 4 is 17.7 Å². The van der Waals surface area contributed by atoms with Crippen LogP contribution in [0.4, 0.5) is 10.5 Å². The molecule has 2 amide bonds. The molecular formula is C19H28N4O3. The quantitative estimate of drug-likeness (QED) is 0.762. The lowest BCUT2D eigenvalue weighted by Crippen LogP contribution is -2.54. The monoisotopic (exact) mass is 360 g/mol. The largest absolute Gasteiger partial charge is 0.481 e. The summed E-state index contributed by atoms with van der Waals surface area (Å²) in [6.07, 6.45) is 2.36. The zero-order chi connectivity index (χ0) is 18.5. The number of hydrogen-bond acceptors (Lipinski definition) is 4. The van der Waals surface area contributed by atoms with E-state index in [-0.39, 0.29) is 6.03 Å². The highest BCUT2D eigenvalue weighted by Gasteiger charge is 2.27. The summed E-state index contributed by atoms with van der Waals surface area (Å²) in [5.41, 5.74) is 1.33. The van der Waals surface area contributed by atoms with Crippen molar-refractivity contribution < 1.29 is 14.7 Å². The van der Waals surface area contributed by atoms with Crippen molar-refractivity contribution in [2.75, 3.05) is 44.6 Å². The number of piperidine rings is 1. The molecule has 0 aliphatic carbocycles. The molecule has 3 N–H and O–H groups in total. The summed E-state index contributed by atoms with van der Waals surface area (Å²) in [6.45, 7) is 7.07. The van der Waals surface area contributed by atoms with Crippen LogP contribution in [0.5, 0.6) is 0 Å². The molecule has 2 aliphatic rings. The number of carbonyl (C=O) groups is 2. The van der Waals surface area contributed by atoms with E-state index in [1.807, 2.05) is 4.90 Å². The number of carbonyl (C=O) groups excluding carboxylic acids is 1. The van der Waals surface area contributed by atoms with E-state index in [2.05, 4.69) is 15.5 Å². The molecule has 1 aromatic carbocycles. The minimum Gasteiger partial charge on any atom is -0.481 e. The number of piperazine rings is 1. The third kappa shape index (κ3) is 4.53. The standard InChI is InChI=1S/C19H28N4O3/c1-14(18(24)25)15-3-2-4-16(13-15)21-19(26)23-11-9-22(10-12-23)17-5-7-20-8-6-17/h2-4,13-14,17,20H,5-12H2,1H3,(H,21,26)(H,24,25). The second-order valence-corrected chi connectivity index (χ2v) is 7.12. The first-order valence-electron chi connectivity index (χ1n) is 9.38. The molecule has 7 heteroatoms. The van der Waals surface area contributed by atoms with E-state index in [4.69, 9.17) is 5.11 Å². The molecule has 1 unspecified atom stereocenters. The average Bonchev–Trinajstić information content (AvgIpc) is 2.68. The van der Waals surface area contributed by atoms with Gasteiger partial charge in [0.2, 0.25) is 0 Å². The highest BCUT2D eigenvalue weighted by Crippen LogP contribution is 2.20. The first kappa shape index (κ1) is 18.7. The number of amides is 2. The third-order valence-electron chi connectivity index (χ3n) is 5.43. The van der Waals surface area contributed by atoms with Crippen LogP contribution in [0.2, 0.25) is 0 Å². The SMILES string of the molecule is CC(C(=O)O)c1cccc(NC(=O)N2CCN(C3CCNCC3)CC2)c1. The number of anilines is 1. The fraction of sp³-hybridized carbons (Fsp3) is 0.579. The Morgan fingerprint density at radius 3 is 2.54 bits per heavy atom. The van der Waals surface area contributed by atoms with Crippen LogP contribution in [0.3, 0.4) is 0 Å². The van der Waals surface area contributed by atoms with E-state index in [1.54, 1.807) is 31.2 Å². The zero-order valence-corrected chi connectivity index (χ0v) is 15.3. The Morgan fingerprint density at radius 1 is 1.19 bits per heavy atom. The number of hydrogen-bond donors (Lipinski definition) is 3. The first-order valence-corrected chi connectivity index (χ1v) is 9.38. The second kappa shape index (κ2) is 8.51. The molecule has 3 rings (SSSR count). The van der Waals surface area contributed by atoms with Crippen LogP contribution in [-0.2, 0) is 4.79 Å². The number of carboxylic acid groups (broad SMARTS) is 1. The van der Waals surface area contributed by atoms with E-state index in [9.17, 15) is 9.59 Å². The fourth-order valence-electron chi connectivity index (χ4n) is 3.69. The Hall–Kier alpha value is -2.12. The van der Waals surface area contributed by atoms with Gasteiger partial charge >= 0.3 is 12.0 Å². The van der Waals surface area contributed by atoms with Gasteiger partial charge in [0.15, 0.2) is 0 Å². The zero-order valence-electron chi connectivity index (χ0n) is 15.3. The predicted octanol–water partition coefficient (Wildman–Crippen LogP) is 1.78. The molecule has 142 valence electrons. The lowest BCUT2D eigenvalue weighted by atomic mass is 10.0. The summed E-state index contributed by atoms with van der Waals surface area (Å²) in [5, 5.41) is 15.4. The van der Waals surface area contributed by atoms with Gasteiger partial charge in [0.25, 0.3) is 0 Å². The van der Waals surface area contributed by atoms with Gasteiger partial charge in [0.1, 0.15) is 0 Å².